The Balaban J connectivity index is 1.49. The van der Waals surface area contributed by atoms with Gasteiger partial charge in [-0.2, -0.15) is 0 Å². The molecular formula is C18H20BrN3. The van der Waals surface area contributed by atoms with Crippen LogP contribution in [-0.4, -0.2) is 21.4 Å². The first-order valence-electron chi connectivity index (χ1n) is 8.01. The minimum absolute atomic E-state index is 0.645. The molecule has 2 aliphatic rings. The average molecular weight is 358 g/mol. The van der Waals surface area contributed by atoms with Crippen LogP contribution >= 0.6 is 15.9 Å². The molecule has 2 heterocycles. The van der Waals surface area contributed by atoms with Crippen LogP contribution in [0.25, 0.3) is 0 Å². The highest BCUT2D eigenvalue weighted by molar-refractivity contribution is 9.10. The van der Waals surface area contributed by atoms with Crippen LogP contribution in [0.2, 0.25) is 0 Å². The predicted molar refractivity (Wildman–Crippen MR) is 90.7 cm³/mol. The lowest BCUT2D eigenvalue weighted by Crippen LogP contribution is -2.31. The summed E-state index contributed by atoms with van der Waals surface area (Å²) in [6.45, 7) is 5.14. The molecule has 4 rings (SSSR count). The Hall–Kier alpha value is -1.26. The van der Waals surface area contributed by atoms with Crippen molar-refractivity contribution in [2.75, 3.05) is 6.54 Å². The van der Waals surface area contributed by atoms with Crippen LogP contribution in [0.4, 0.5) is 0 Å². The summed E-state index contributed by atoms with van der Waals surface area (Å²) in [5.41, 5.74) is 5.22. The van der Waals surface area contributed by atoms with Gasteiger partial charge in [-0.05, 0) is 37.0 Å². The molecule has 0 N–H and O–H groups in total. The molecule has 0 radical (unpaired) electrons. The van der Waals surface area contributed by atoms with Crippen LogP contribution in [0.15, 0.2) is 28.9 Å². The molecule has 1 aromatic heterocycles. The molecule has 4 heteroatoms. The Labute approximate surface area is 139 Å². The Bertz CT molecular complexity index is 709. The molecule has 0 atom stereocenters. The van der Waals surface area contributed by atoms with Crippen molar-refractivity contribution >= 4 is 15.9 Å². The summed E-state index contributed by atoms with van der Waals surface area (Å²) in [6.07, 6.45) is 5.64. The van der Waals surface area contributed by atoms with E-state index in [9.17, 15) is 0 Å². The van der Waals surface area contributed by atoms with E-state index in [1.807, 2.05) is 0 Å². The summed E-state index contributed by atoms with van der Waals surface area (Å²) >= 11 is 3.69. The number of hydrogen-bond acceptors (Lipinski definition) is 3. The highest BCUT2D eigenvalue weighted by atomic mass is 79.9. The molecule has 0 spiro atoms. The third-order valence-electron chi connectivity index (χ3n) is 4.58. The van der Waals surface area contributed by atoms with Gasteiger partial charge in [-0.3, -0.25) is 4.90 Å². The summed E-state index contributed by atoms with van der Waals surface area (Å²) in [4.78, 5) is 11.9. The van der Waals surface area contributed by atoms with E-state index < -0.39 is 0 Å². The lowest BCUT2D eigenvalue weighted by Gasteiger charge is -2.28. The van der Waals surface area contributed by atoms with Crippen LogP contribution in [0, 0.1) is 6.92 Å². The summed E-state index contributed by atoms with van der Waals surface area (Å²) in [5.74, 6) is 1.72. The fourth-order valence-corrected chi connectivity index (χ4v) is 3.70. The Kier molecular flexibility index (Phi) is 3.74. The molecule has 0 unspecified atom stereocenters. The van der Waals surface area contributed by atoms with E-state index in [1.165, 1.54) is 39.7 Å². The lowest BCUT2D eigenvalue weighted by atomic mass is 10.1. The maximum Gasteiger partial charge on any atom is 0.131 e. The van der Waals surface area contributed by atoms with Crippen molar-refractivity contribution in [1.82, 2.24) is 14.9 Å². The normalized spacial score (nSPS) is 18.3. The predicted octanol–water partition coefficient (Wildman–Crippen LogP) is 3.98. The van der Waals surface area contributed by atoms with Crippen LogP contribution in [0.3, 0.4) is 0 Å². The molecule has 1 aliphatic carbocycles. The second-order valence-electron chi connectivity index (χ2n) is 6.53. The number of nitrogens with zero attached hydrogens (tertiary/aromatic N) is 3. The average Bonchev–Trinajstić information content (AvgIpc) is 3.34. The van der Waals surface area contributed by atoms with Gasteiger partial charge in [0.2, 0.25) is 0 Å². The van der Waals surface area contributed by atoms with Gasteiger partial charge < -0.3 is 0 Å². The monoisotopic (exact) mass is 357 g/mol. The van der Waals surface area contributed by atoms with E-state index in [1.54, 1.807) is 0 Å². The molecule has 1 aromatic carbocycles. The Morgan fingerprint density at radius 1 is 1.32 bits per heavy atom. The maximum absolute atomic E-state index is 4.80. The van der Waals surface area contributed by atoms with Crippen molar-refractivity contribution in [2.24, 2.45) is 0 Å². The number of aromatic nitrogens is 2. The van der Waals surface area contributed by atoms with Gasteiger partial charge in [-0.1, -0.05) is 28.1 Å². The lowest BCUT2D eigenvalue weighted by molar-refractivity contribution is 0.242. The minimum atomic E-state index is 0.645. The van der Waals surface area contributed by atoms with Gasteiger partial charge in [0, 0.05) is 53.9 Å². The van der Waals surface area contributed by atoms with E-state index >= 15 is 0 Å². The molecule has 0 bridgehead atoms. The molecule has 1 aliphatic heterocycles. The van der Waals surface area contributed by atoms with E-state index in [0.29, 0.717) is 5.92 Å². The first kappa shape index (κ1) is 14.3. The quantitative estimate of drug-likeness (QED) is 0.831. The van der Waals surface area contributed by atoms with Gasteiger partial charge >= 0.3 is 0 Å². The number of halogens is 1. The molecule has 0 amide bonds. The third kappa shape index (κ3) is 2.95. The van der Waals surface area contributed by atoms with Crippen LogP contribution in [0.1, 0.15) is 47.0 Å². The molecule has 0 saturated heterocycles. The van der Waals surface area contributed by atoms with Crippen molar-refractivity contribution in [3.63, 3.8) is 0 Å². The van der Waals surface area contributed by atoms with Gasteiger partial charge in [0.1, 0.15) is 5.82 Å². The fraction of sp³-hybridized carbons (Fsp3) is 0.444. The first-order valence-corrected chi connectivity index (χ1v) is 8.80. The van der Waals surface area contributed by atoms with E-state index in [-0.39, 0.29) is 0 Å². The van der Waals surface area contributed by atoms with Gasteiger partial charge in [0.05, 0.1) is 0 Å². The smallest absolute Gasteiger partial charge is 0.131 e. The van der Waals surface area contributed by atoms with E-state index in [0.717, 1.165) is 31.9 Å². The standard InChI is InChI=1S/C18H20BrN3/c1-12-2-3-14(16(19)8-12)10-22-7-6-17-15(11-22)9-20-18(21-17)13-4-5-13/h2-3,8-9,13H,4-7,10-11H2,1H3. The van der Waals surface area contributed by atoms with Crippen LogP contribution < -0.4 is 0 Å². The summed E-state index contributed by atoms with van der Waals surface area (Å²) in [6, 6.07) is 6.60. The highest BCUT2D eigenvalue weighted by Crippen LogP contribution is 2.38. The summed E-state index contributed by atoms with van der Waals surface area (Å²) in [5, 5.41) is 0. The number of aryl methyl sites for hydroxylation is 1. The van der Waals surface area contributed by atoms with Crippen molar-refractivity contribution in [2.45, 2.75) is 45.2 Å². The number of fused-ring (bicyclic) bond motifs is 1. The third-order valence-corrected chi connectivity index (χ3v) is 5.31. The number of rotatable bonds is 3. The van der Waals surface area contributed by atoms with Crippen molar-refractivity contribution in [3.05, 3.63) is 57.1 Å². The fourth-order valence-electron chi connectivity index (χ4n) is 3.08. The molecular weight excluding hydrogens is 338 g/mol. The molecule has 1 saturated carbocycles. The first-order chi connectivity index (χ1) is 10.7. The number of hydrogen-bond donors (Lipinski definition) is 0. The second-order valence-corrected chi connectivity index (χ2v) is 7.38. The molecule has 22 heavy (non-hydrogen) atoms. The van der Waals surface area contributed by atoms with Crippen molar-refractivity contribution in [3.8, 4) is 0 Å². The zero-order valence-corrected chi connectivity index (χ0v) is 14.4. The van der Waals surface area contributed by atoms with E-state index in [4.69, 9.17) is 4.98 Å². The Morgan fingerprint density at radius 2 is 2.18 bits per heavy atom. The maximum atomic E-state index is 4.80. The Morgan fingerprint density at radius 3 is 2.95 bits per heavy atom. The SMILES string of the molecule is Cc1ccc(CN2CCc3nc(C4CC4)ncc3C2)c(Br)c1. The highest BCUT2D eigenvalue weighted by Gasteiger charge is 2.28. The zero-order chi connectivity index (χ0) is 15.1. The van der Waals surface area contributed by atoms with Crippen molar-refractivity contribution in [1.29, 1.82) is 0 Å². The van der Waals surface area contributed by atoms with Gasteiger partial charge in [0.15, 0.2) is 0 Å². The summed E-state index contributed by atoms with van der Waals surface area (Å²) in [7, 11) is 0. The second kappa shape index (κ2) is 5.74. The van der Waals surface area contributed by atoms with Crippen LogP contribution in [0.5, 0.6) is 0 Å². The van der Waals surface area contributed by atoms with Gasteiger partial charge in [0.25, 0.3) is 0 Å². The zero-order valence-electron chi connectivity index (χ0n) is 12.8. The van der Waals surface area contributed by atoms with E-state index in [2.05, 4.69) is 57.1 Å². The molecule has 1 fully saturated rings. The van der Waals surface area contributed by atoms with Crippen LogP contribution in [-0.2, 0) is 19.5 Å². The molecule has 2 aromatic rings. The van der Waals surface area contributed by atoms with Crippen molar-refractivity contribution < 1.29 is 0 Å². The van der Waals surface area contributed by atoms with Gasteiger partial charge in [-0.15, -0.1) is 0 Å². The van der Waals surface area contributed by atoms with Gasteiger partial charge in [-0.25, -0.2) is 9.97 Å². The largest absolute Gasteiger partial charge is 0.294 e. The topological polar surface area (TPSA) is 29.0 Å². The molecule has 114 valence electrons. The summed E-state index contributed by atoms with van der Waals surface area (Å²) < 4.78 is 1.21. The minimum Gasteiger partial charge on any atom is -0.294 e. The number of benzene rings is 1. The molecule has 3 nitrogen and oxygen atoms in total.